The second-order valence-electron chi connectivity index (χ2n) is 5.88. The second-order valence-corrected chi connectivity index (χ2v) is 5.88. The summed E-state index contributed by atoms with van der Waals surface area (Å²) in [5.41, 5.74) is 0.567. The van der Waals surface area contributed by atoms with E-state index in [0.29, 0.717) is 19.5 Å². The summed E-state index contributed by atoms with van der Waals surface area (Å²) in [6.07, 6.45) is 1.26. The number of rotatable bonds is 2. The monoisotopic (exact) mass is 247 g/mol. The van der Waals surface area contributed by atoms with Crippen LogP contribution in [0.4, 0.5) is 4.79 Å². The maximum Gasteiger partial charge on any atom is 0.407 e. The highest BCUT2D eigenvalue weighted by Crippen LogP contribution is 2.55. The Morgan fingerprint density at radius 2 is 1.83 bits per heavy atom. The number of amides is 1. The smallest absolute Gasteiger partial charge is 0.407 e. The Balaban J connectivity index is 1.57. The zero-order valence-electron chi connectivity index (χ0n) is 10.2. The molecule has 3 rings (SSSR count). The molecule has 2 aliphatic rings. The molecule has 4 nitrogen and oxygen atoms in total. The summed E-state index contributed by atoms with van der Waals surface area (Å²) in [5, 5.41) is 19.2. The van der Waals surface area contributed by atoms with E-state index in [4.69, 9.17) is 5.11 Å². The molecule has 4 heteroatoms. The van der Waals surface area contributed by atoms with E-state index in [2.05, 4.69) is 0 Å². The molecule has 0 radical (unpaired) electrons. The Morgan fingerprint density at radius 1 is 1.22 bits per heavy atom. The van der Waals surface area contributed by atoms with Gasteiger partial charge in [-0.1, -0.05) is 30.3 Å². The Bertz CT molecular complexity index is 457. The van der Waals surface area contributed by atoms with Crippen molar-refractivity contribution in [1.29, 1.82) is 0 Å². The number of nitrogens with zero attached hydrogens (tertiary/aromatic N) is 1. The van der Waals surface area contributed by atoms with Crippen molar-refractivity contribution in [3.63, 3.8) is 0 Å². The molecule has 0 unspecified atom stereocenters. The Morgan fingerprint density at radius 3 is 2.39 bits per heavy atom. The van der Waals surface area contributed by atoms with Crippen LogP contribution < -0.4 is 0 Å². The van der Waals surface area contributed by atoms with Crippen molar-refractivity contribution in [2.75, 3.05) is 13.1 Å². The average molecular weight is 247 g/mol. The fourth-order valence-corrected chi connectivity index (χ4v) is 3.57. The number of hydrogen-bond donors (Lipinski definition) is 2. The molecule has 1 spiro atoms. The van der Waals surface area contributed by atoms with Crippen LogP contribution in [0.15, 0.2) is 30.3 Å². The maximum atomic E-state index is 10.7. The van der Waals surface area contributed by atoms with Crippen molar-refractivity contribution in [3.8, 4) is 0 Å². The van der Waals surface area contributed by atoms with Crippen molar-refractivity contribution in [2.45, 2.75) is 24.9 Å². The minimum atomic E-state index is -0.848. The van der Waals surface area contributed by atoms with Gasteiger partial charge in [0.15, 0.2) is 0 Å². The molecule has 1 aromatic rings. The minimum absolute atomic E-state index is 0.0575. The lowest BCUT2D eigenvalue weighted by Crippen LogP contribution is -2.69. The van der Waals surface area contributed by atoms with E-state index in [1.165, 1.54) is 4.90 Å². The molecule has 1 aromatic carbocycles. The van der Waals surface area contributed by atoms with Gasteiger partial charge < -0.3 is 15.1 Å². The molecule has 1 saturated carbocycles. The van der Waals surface area contributed by atoms with E-state index < -0.39 is 11.7 Å². The molecule has 0 atom stereocenters. The van der Waals surface area contributed by atoms with Crippen LogP contribution in [0.25, 0.3) is 0 Å². The molecule has 0 bridgehead atoms. The third-order valence-electron chi connectivity index (χ3n) is 4.11. The Labute approximate surface area is 106 Å². The van der Waals surface area contributed by atoms with E-state index in [0.717, 1.165) is 18.4 Å². The van der Waals surface area contributed by atoms with Crippen molar-refractivity contribution in [3.05, 3.63) is 35.9 Å². The van der Waals surface area contributed by atoms with Crippen molar-refractivity contribution < 1.29 is 15.0 Å². The molecular formula is C14H17NO3. The van der Waals surface area contributed by atoms with E-state index in [1.807, 2.05) is 30.3 Å². The fraction of sp³-hybridized carbons (Fsp3) is 0.500. The van der Waals surface area contributed by atoms with Gasteiger partial charge in [0.1, 0.15) is 0 Å². The topological polar surface area (TPSA) is 60.8 Å². The van der Waals surface area contributed by atoms with Crippen LogP contribution in [0.2, 0.25) is 0 Å². The van der Waals surface area contributed by atoms with Crippen molar-refractivity contribution in [2.24, 2.45) is 5.41 Å². The largest absolute Gasteiger partial charge is 0.465 e. The summed E-state index contributed by atoms with van der Waals surface area (Å²) in [6.45, 7) is 1.17. The highest BCUT2D eigenvalue weighted by atomic mass is 16.4. The number of likely N-dealkylation sites (tertiary alicyclic amines) is 1. The number of carboxylic acid groups (broad SMARTS) is 1. The van der Waals surface area contributed by atoms with Crippen molar-refractivity contribution >= 4 is 6.09 Å². The first kappa shape index (κ1) is 11.5. The van der Waals surface area contributed by atoms with E-state index in [1.54, 1.807) is 0 Å². The Kier molecular flexibility index (Phi) is 2.38. The van der Waals surface area contributed by atoms with Gasteiger partial charge in [-0.05, 0) is 18.4 Å². The van der Waals surface area contributed by atoms with Crippen LogP contribution in [0, 0.1) is 5.41 Å². The van der Waals surface area contributed by atoms with Gasteiger partial charge in [0, 0.05) is 24.9 Å². The second kappa shape index (κ2) is 3.72. The summed E-state index contributed by atoms with van der Waals surface area (Å²) in [4.78, 5) is 12.1. The maximum absolute atomic E-state index is 10.7. The molecule has 1 amide bonds. The quantitative estimate of drug-likeness (QED) is 0.836. The van der Waals surface area contributed by atoms with Gasteiger partial charge in [0.05, 0.1) is 5.60 Å². The highest BCUT2D eigenvalue weighted by Gasteiger charge is 2.60. The summed E-state index contributed by atoms with van der Waals surface area (Å²) < 4.78 is 0. The number of benzene rings is 1. The molecule has 1 aliphatic heterocycles. The minimum Gasteiger partial charge on any atom is -0.465 e. The molecule has 96 valence electrons. The van der Waals surface area contributed by atoms with Crippen LogP contribution >= 0.6 is 0 Å². The third kappa shape index (κ3) is 1.86. The van der Waals surface area contributed by atoms with Crippen LogP contribution in [0.5, 0.6) is 0 Å². The molecule has 1 aliphatic carbocycles. The van der Waals surface area contributed by atoms with E-state index in [9.17, 15) is 9.90 Å². The molecule has 1 saturated heterocycles. The number of carbonyl (C=O) groups is 1. The van der Waals surface area contributed by atoms with Crippen molar-refractivity contribution in [1.82, 2.24) is 4.90 Å². The fourth-order valence-electron chi connectivity index (χ4n) is 3.57. The van der Waals surface area contributed by atoms with Crippen LogP contribution in [-0.4, -0.2) is 39.9 Å². The van der Waals surface area contributed by atoms with Gasteiger partial charge >= 0.3 is 6.09 Å². The first-order chi connectivity index (χ1) is 8.50. The van der Waals surface area contributed by atoms with E-state index in [-0.39, 0.29) is 5.41 Å². The van der Waals surface area contributed by atoms with Gasteiger partial charge in [-0.25, -0.2) is 4.79 Å². The predicted molar refractivity (Wildman–Crippen MR) is 66.4 cm³/mol. The third-order valence-corrected chi connectivity index (χ3v) is 4.11. The standard InChI is InChI=1S/C14H17NO3/c16-12(17)15-9-13(10-15)7-14(18,8-13)6-11-4-2-1-3-5-11/h1-5,18H,6-10H2,(H,16,17). The number of hydrogen-bond acceptors (Lipinski definition) is 2. The Hall–Kier alpha value is -1.55. The predicted octanol–water partition coefficient (Wildman–Crippen LogP) is 1.73. The zero-order valence-corrected chi connectivity index (χ0v) is 10.2. The average Bonchev–Trinajstić information content (AvgIpc) is 2.23. The summed E-state index contributed by atoms with van der Waals surface area (Å²) in [7, 11) is 0. The SMILES string of the molecule is O=C(O)N1CC2(C1)CC(O)(Cc1ccccc1)C2. The van der Waals surface area contributed by atoms with Gasteiger partial charge in [-0.2, -0.15) is 0 Å². The summed E-state index contributed by atoms with van der Waals surface area (Å²) in [5.74, 6) is 0. The zero-order chi connectivity index (χ0) is 12.8. The molecule has 18 heavy (non-hydrogen) atoms. The molecule has 2 fully saturated rings. The molecule has 0 aromatic heterocycles. The first-order valence-electron chi connectivity index (χ1n) is 6.25. The van der Waals surface area contributed by atoms with Gasteiger partial charge in [-0.15, -0.1) is 0 Å². The molecule has 1 heterocycles. The van der Waals surface area contributed by atoms with Crippen LogP contribution in [0.3, 0.4) is 0 Å². The molecule has 2 N–H and O–H groups in total. The number of aliphatic hydroxyl groups is 1. The summed E-state index contributed by atoms with van der Waals surface area (Å²) in [6, 6.07) is 9.96. The molecular weight excluding hydrogens is 230 g/mol. The van der Waals surface area contributed by atoms with E-state index >= 15 is 0 Å². The van der Waals surface area contributed by atoms with Gasteiger partial charge in [0.2, 0.25) is 0 Å². The van der Waals surface area contributed by atoms with Gasteiger partial charge in [0.25, 0.3) is 0 Å². The van der Waals surface area contributed by atoms with Gasteiger partial charge in [-0.3, -0.25) is 0 Å². The lowest BCUT2D eigenvalue weighted by Gasteiger charge is -2.61. The summed E-state index contributed by atoms with van der Waals surface area (Å²) >= 11 is 0. The van der Waals surface area contributed by atoms with Crippen LogP contribution in [0.1, 0.15) is 18.4 Å². The first-order valence-corrected chi connectivity index (χ1v) is 6.25. The lowest BCUT2D eigenvalue weighted by molar-refractivity contribution is -0.180. The van der Waals surface area contributed by atoms with Crippen LogP contribution in [-0.2, 0) is 6.42 Å². The lowest BCUT2D eigenvalue weighted by atomic mass is 9.54. The highest BCUT2D eigenvalue weighted by molar-refractivity contribution is 5.66. The normalized spacial score (nSPS) is 23.3.